The molecule has 0 saturated heterocycles. The number of rotatable bonds is 6. The van der Waals surface area contributed by atoms with Crippen LogP contribution in [0.25, 0.3) is 0 Å². The fourth-order valence-electron chi connectivity index (χ4n) is 2.05. The zero-order valence-corrected chi connectivity index (χ0v) is 12.2. The second kappa shape index (κ2) is 6.08. The number of fused-ring (bicyclic) bond motifs is 1. The predicted octanol–water partition coefficient (Wildman–Crippen LogP) is 1.90. The standard InChI is InChI=1S/C13H19NO2S2/c1-2-18(15,16)8-7-14-9-11-10-17-13-6-4-3-5-12(11)13/h3-6,11,14H,2,7-10H2,1H3. The lowest BCUT2D eigenvalue weighted by Gasteiger charge is -2.11. The maximum Gasteiger partial charge on any atom is 0.151 e. The molecule has 0 aliphatic carbocycles. The topological polar surface area (TPSA) is 46.2 Å². The highest BCUT2D eigenvalue weighted by molar-refractivity contribution is 7.99. The van der Waals surface area contributed by atoms with E-state index in [0.717, 1.165) is 12.3 Å². The Hall–Kier alpha value is -0.520. The molecule has 1 aromatic rings. The molecule has 0 spiro atoms. The third-order valence-corrected chi connectivity index (χ3v) is 6.18. The fourth-order valence-corrected chi connectivity index (χ4v) is 4.04. The second-order valence-corrected chi connectivity index (χ2v) is 8.02. The van der Waals surface area contributed by atoms with Crippen molar-refractivity contribution >= 4 is 21.6 Å². The molecule has 1 heterocycles. The first-order chi connectivity index (χ1) is 8.62. The summed E-state index contributed by atoms with van der Waals surface area (Å²) < 4.78 is 22.7. The zero-order chi connectivity index (χ0) is 13.0. The molecule has 1 N–H and O–H groups in total. The van der Waals surface area contributed by atoms with E-state index in [4.69, 9.17) is 0 Å². The minimum absolute atomic E-state index is 0.233. The summed E-state index contributed by atoms with van der Waals surface area (Å²) in [5.74, 6) is 2.07. The molecule has 18 heavy (non-hydrogen) atoms. The molecule has 1 atom stereocenters. The van der Waals surface area contributed by atoms with E-state index in [9.17, 15) is 8.42 Å². The lowest BCUT2D eigenvalue weighted by Crippen LogP contribution is -2.27. The van der Waals surface area contributed by atoms with Crippen LogP contribution in [0.5, 0.6) is 0 Å². The van der Waals surface area contributed by atoms with E-state index in [2.05, 4.69) is 29.6 Å². The number of benzene rings is 1. The Bertz CT molecular complexity index is 499. The van der Waals surface area contributed by atoms with Gasteiger partial charge in [0.2, 0.25) is 0 Å². The Morgan fingerprint density at radius 1 is 1.39 bits per heavy atom. The molecular weight excluding hydrogens is 266 g/mol. The summed E-state index contributed by atoms with van der Waals surface area (Å²) in [6.07, 6.45) is 0. The van der Waals surface area contributed by atoms with Gasteiger partial charge >= 0.3 is 0 Å². The monoisotopic (exact) mass is 285 g/mol. The van der Waals surface area contributed by atoms with Crippen LogP contribution in [0.3, 0.4) is 0 Å². The molecule has 1 unspecified atom stereocenters. The van der Waals surface area contributed by atoms with E-state index < -0.39 is 9.84 Å². The highest BCUT2D eigenvalue weighted by atomic mass is 32.2. The molecule has 0 amide bonds. The highest BCUT2D eigenvalue weighted by Crippen LogP contribution is 2.38. The molecule has 0 aromatic heterocycles. The van der Waals surface area contributed by atoms with Crippen molar-refractivity contribution in [1.82, 2.24) is 5.32 Å². The Morgan fingerprint density at radius 2 is 2.17 bits per heavy atom. The molecule has 1 aliphatic rings. The van der Waals surface area contributed by atoms with Crippen LogP contribution >= 0.6 is 11.8 Å². The van der Waals surface area contributed by atoms with Crippen LogP contribution in [-0.4, -0.2) is 38.8 Å². The third-order valence-electron chi connectivity index (χ3n) is 3.22. The summed E-state index contributed by atoms with van der Waals surface area (Å²) in [4.78, 5) is 1.37. The number of nitrogens with one attached hydrogen (secondary N) is 1. The van der Waals surface area contributed by atoms with Crippen LogP contribution in [0, 0.1) is 0 Å². The number of hydrogen-bond donors (Lipinski definition) is 1. The van der Waals surface area contributed by atoms with Crippen LogP contribution in [0.15, 0.2) is 29.2 Å². The molecule has 3 nitrogen and oxygen atoms in total. The van der Waals surface area contributed by atoms with Crippen molar-refractivity contribution in [2.75, 3.05) is 30.3 Å². The molecule has 0 saturated carbocycles. The third kappa shape index (κ3) is 3.49. The van der Waals surface area contributed by atoms with Crippen LogP contribution in [0.2, 0.25) is 0 Å². The zero-order valence-electron chi connectivity index (χ0n) is 10.6. The average molecular weight is 285 g/mol. The van der Waals surface area contributed by atoms with Gasteiger partial charge in [0.1, 0.15) is 0 Å². The summed E-state index contributed by atoms with van der Waals surface area (Å²) in [7, 11) is -2.84. The van der Waals surface area contributed by atoms with Gasteiger partial charge in [-0.25, -0.2) is 8.42 Å². The Labute approximate surface area is 113 Å². The van der Waals surface area contributed by atoms with Crippen LogP contribution in [-0.2, 0) is 9.84 Å². The van der Waals surface area contributed by atoms with Gasteiger partial charge in [-0.05, 0) is 11.6 Å². The molecule has 1 aromatic carbocycles. The maximum absolute atomic E-state index is 11.3. The van der Waals surface area contributed by atoms with E-state index in [1.807, 2.05) is 11.8 Å². The van der Waals surface area contributed by atoms with Gasteiger partial charge in [-0.3, -0.25) is 0 Å². The first-order valence-corrected chi connectivity index (χ1v) is 9.06. The Balaban J connectivity index is 1.79. The van der Waals surface area contributed by atoms with E-state index in [1.54, 1.807) is 6.92 Å². The summed E-state index contributed by atoms with van der Waals surface area (Å²) in [6.45, 7) is 3.11. The van der Waals surface area contributed by atoms with E-state index in [0.29, 0.717) is 12.5 Å². The van der Waals surface area contributed by atoms with Gasteiger partial charge in [0.05, 0.1) is 5.75 Å². The average Bonchev–Trinajstić information content (AvgIpc) is 2.78. The first-order valence-electron chi connectivity index (χ1n) is 6.25. The summed E-state index contributed by atoms with van der Waals surface area (Å²) >= 11 is 1.89. The quantitative estimate of drug-likeness (QED) is 0.811. The van der Waals surface area contributed by atoms with Gasteiger partial charge < -0.3 is 5.32 Å². The summed E-state index contributed by atoms with van der Waals surface area (Å²) in [6, 6.07) is 8.46. The summed E-state index contributed by atoms with van der Waals surface area (Å²) in [5, 5.41) is 3.27. The van der Waals surface area contributed by atoms with Crippen molar-refractivity contribution in [3.05, 3.63) is 29.8 Å². The minimum atomic E-state index is -2.84. The van der Waals surface area contributed by atoms with E-state index >= 15 is 0 Å². The first kappa shape index (κ1) is 13.9. The predicted molar refractivity (Wildman–Crippen MR) is 77.1 cm³/mol. The van der Waals surface area contributed by atoms with Crippen molar-refractivity contribution in [3.63, 3.8) is 0 Å². The van der Waals surface area contributed by atoms with Crippen molar-refractivity contribution in [1.29, 1.82) is 0 Å². The maximum atomic E-state index is 11.3. The lowest BCUT2D eigenvalue weighted by molar-refractivity contribution is 0.587. The molecule has 0 bridgehead atoms. The SMILES string of the molecule is CCS(=O)(=O)CCNCC1CSc2ccccc21. The Morgan fingerprint density at radius 3 is 2.94 bits per heavy atom. The van der Waals surface area contributed by atoms with Gasteiger partial charge in [0, 0.05) is 35.4 Å². The minimum Gasteiger partial charge on any atom is -0.315 e. The largest absolute Gasteiger partial charge is 0.315 e. The molecule has 2 rings (SSSR count). The van der Waals surface area contributed by atoms with Gasteiger partial charge in [-0.2, -0.15) is 0 Å². The lowest BCUT2D eigenvalue weighted by atomic mass is 10.0. The molecule has 1 aliphatic heterocycles. The fraction of sp³-hybridized carbons (Fsp3) is 0.538. The van der Waals surface area contributed by atoms with Crippen LogP contribution in [0.1, 0.15) is 18.4 Å². The highest BCUT2D eigenvalue weighted by Gasteiger charge is 2.22. The van der Waals surface area contributed by atoms with Crippen molar-refractivity contribution in [2.24, 2.45) is 0 Å². The van der Waals surface area contributed by atoms with Crippen LogP contribution < -0.4 is 5.32 Å². The van der Waals surface area contributed by atoms with Crippen molar-refractivity contribution in [2.45, 2.75) is 17.7 Å². The molecule has 0 radical (unpaired) electrons. The molecular formula is C13H19NO2S2. The van der Waals surface area contributed by atoms with Crippen molar-refractivity contribution in [3.8, 4) is 0 Å². The number of sulfone groups is 1. The van der Waals surface area contributed by atoms with Crippen molar-refractivity contribution < 1.29 is 8.42 Å². The summed E-state index contributed by atoms with van der Waals surface area (Å²) in [5.41, 5.74) is 1.40. The van der Waals surface area contributed by atoms with Gasteiger partial charge in [-0.15, -0.1) is 11.8 Å². The second-order valence-electron chi connectivity index (χ2n) is 4.49. The number of hydrogen-bond acceptors (Lipinski definition) is 4. The van der Waals surface area contributed by atoms with E-state index in [1.165, 1.54) is 10.5 Å². The normalized spacial score (nSPS) is 18.8. The van der Waals surface area contributed by atoms with Crippen LogP contribution in [0.4, 0.5) is 0 Å². The molecule has 100 valence electrons. The van der Waals surface area contributed by atoms with Gasteiger partial charge in [-0.1, -0.05) is 25.1 Å². The van der Waals surface area contributed by atoms with E-state index in [-0.39, 0.29) is 11.5 Å². The molecule has 0 fully saturated rings. The van der Waals surface area contributed by atoms with Gasteiger partial charge in [0.15, 0.2) is 9.84 Å². The Kier molecular flexibility index (Phi) is 4.70. The molecule has 5 heteroatoms. The smallest absolute Gasteiger partial charge is 0.151 e. The number of thioether (sulfide) groups is 1. The van der Waals surface area contributed by atoms with Gasteiger partial charge in [0.25, 0.3) is 0 Å².